The van der Waals surface area contributed by atoms with Crippen LogP contribution in [0.3, 0.4) is 0 Å². The smallest absolute Gasteiger partial charge is 0.338 e. The molecule has 3 fully saturated rings. The first-order valence-electron chi connectivity index (χ1n) is 23.4. The average molecular weight is 899 g/mol. The molecule has 3 saturated carbocycles. The lowest BCUT2D eigenvalue weighted by atomic mass is 9.63. The number of benzene rings is 4. The number of rotatable bonds is 9. The van der Waals surface area contributed by atoms with E-state index in [0.29, 0.717) is 23.3 Å². The highest BCUT2D eigenvalue weighted by molar-refractivity contribution is 5.89. The number of ether oxygens (including phenoxy) is 3. The van der Waals surface area contributed by atoms with Crippen molar-refractivity contribution < 1.29 is 38.8 Å². The summed E-state index contributed by atoms with van der Waals surface area (Å²) in [4.78, 5) is 33.0. The molecule has 8 rings (SSSR count). The summed E-state index contributed by atoms with van der Waals surface area (Å²) in [6.45, 7) is 19.7. The Bertz CT molecular complexity index is 2210. The first-order valence-corrected chi connectivity index (χ1v) is 23.4. The minimum Gasteiger partial charge on any atom is -0.504 e. The highest BCUT2D eigenvalue weighted by atomic mass is 16.6. The molecule has 6 atom stereocenters. The van der Waals surface area contributed by atoms with Crippen LogP contribution in [0, 0.1) is 34.5 Å². The van der Waals surface area contributed by atoms with Gasteiger partial charge in [0.2, 0.25) is 0 Å². The van der Waals surface area contributed by atoms with Crippen LogP contribution in [0.4, 0.5) is 0 Å². The molecule has 2 bridgehead atoms. The van der Waals surface area contributed by atoms with Crippen LogP contribution in [0.2, 0.25) is 0 Å². The summed E-state index contributed by atoms with van der Waals surface area (Å²) >= 11 is 0. The van der Waals surface area contributed by atoms with Gasteiger partial charge in [0.05, 0.1) is 19.3 Å². The van der Waals surface area contributed by atoms with Gasteiger partial charge in [0.1, 0.15) is 18.5 Å². The second-order valence-corrected chi connectivity index (χ2v) is 19.1. The van der Waals surface area contributed by atoms with Gasteiger partial charge in [-0.1, -0.05) is 136 Å². The van der Waals surface area contributed by atoms with Crippen molar-refractivity contribution in [2.75, 3.05) is 7.11 Å². The predicted molar refractivity (Wildman–Crippen MR) is 266 cm³/mol. The monoisotopic (exact) mass is 899 g/mol. The van der Waals surface area contributed by atoms with E-state index in [-0.39, 0.29) is 35.3 Å². The van der Waals surface area contributed by atoms with Crippen molar-refractivity contribution in [3.05, 3.63) is 161 Å². The number of aliphatic hydroxyl groups excluding tert-OH is 1. The van der Waals surface area contributed by atoms with Gasteiger partial charge in [-0.2, -0.15) is 0 Å². The Kier molecular flexibility index (Phi) is 20.2. The summed E-state index contributed by atoms with van der Waals surface area (Å²) < 4.78 is 15.9. The molecule has 4 aromatic rings. The van der Waals surface area contributed by atoms with Crippen molar-refractivity contribution in [1.29, 1.82) is 0 Å². The number of phenols is 1. The normalized spacial score (nSPS) is 24.0. The molecule has 5 unspecified atom stereocenters. The van der Waals surface area contributed by atoms with E-state index in [1.54, 1.807) is 42.8 Å². The lowest BCUT2D eigenvalue weighted by Crippen LogP contribution is -2.47. The molecule has 4 aliphatic rings. The number of allylic oxidation sites excluding steroid dienone is 4. The second kappa shape index (κ2) is 25.3. The summed E-state index contributed by atoms with van der Waals surface area (Å²) in [6.07, 6.45) is 16.3. The lowest BCUT2D eigenvalue weighted by molar-refractivity contribution is -0.172. The molecule has 8 heteroatoms. The van der Waals surface area contributed by atoms with Crippen LogP contribution in [0.5, 0.6) is 11.5 Å². The summed E-state index contributed by atoms with van der Waals surface area (Å²) in [6, 6.07) is 33.0. The summed E-state index contributed by atoms with van der Waals surface area (Å²) in [7, 11) is 1.47. The molecule has 66 heavy (non-hydrogen) atoms. The van der Waals surface area contributed by atoms with E-state index in [4.69, 9.17) is 24.4 Å². The fourth-order valence-corrected chi connectivity index (χ4v) is 10.6. The predicted octanol–water partition coefficient (Wildman–Crippen LogP) is 13.3. The largest absolute Gasteiger partial charge is 0.504 e. The molecule has 0 amide bonds. The van der Waals surface area contributed by atoms with Gasteiger partial charge in [-0.05, 0) is 148 Å². The number of hydrogen-bond acceptors (Lipinski definition) is 8. The SMILES string of the molecule is C=C(C)[C@H]1CC=C(C)CC1.CC(=O)OC1(C)CCC2C(C)(C)C3CC21CCC3C.COc1cc(CO)ccc1O.O=C(OCc1ccccc1)c1ccccc1.O=C/C=C\c1ccccc1. The zero-order chi connectivity index (χ0) is 48.3. The van der Waals surface area contributed by atoms with E-state index in [9.17, 15) is 14.4 Å². The molecule has 0 radical (unpaired) electrons. The fourth-order valence-electron chi connectivity index (χ4n) is 10.6. The lowest BCUT2D eigenvalue weighted by Gasteiger charge is -2.46. The highest BCUT2D eigenvalue weighted by Gasteiger charge is 2.71. The molecule has 2 N–H and O–H groups in total. The summed E-state index contributed by atoms with van der Waals surface area (Å²) in [5, 5.41) is 17.8. The van der Waals surface area contributed by atoms with E-state index in [0.717, 1.165) is 53.1 Å². The van der Waals surface area contributed by atoms with Crippen LogP contribution in [-0.4, -0.2) is 41.1 Å². The van der Waals surface area contributed by atoms with Gasteiger partial charge in [-0.3, -0.25) is 9.59 Å². The van der Waals surface area contributed by atoms with Gasteiger partial charge in [0.15, 0.2) is 11.5 Å². The topological polar surface area (TPSA) is 119 Å². The number of carbonyl (C=O) groups excluding carboxylic acids is 3. The van der Waals surface area contributed by atoms with Crippen molar-refractivity contribution in [2.45, 2.75) is 119 Å². The van der Waals surface area contributed by atoms with Crippen LogP contribution >= 0.6 is 0 Å². The maximum absolute atomic E-state index is 11.6. The van der Waals surface area contributed by atoms with Crippen molar-refractivity contribution in [3.63, 3.8) is 0 Å². The van der Waals surface area contributed by atoms with Crippen LogP contribution < -0.4 is 4.74 Å². The number of hydrogen-bond donors (Lipinski definition) is 2. The van der Waals surface area contributed by atoms with Gasteiger partial charge in [0.25, 0.3) is 0 Å². The zero-order valence-corrected chi connectivity index (χ0v) is 40.6. The number of methoxy groups -OCH3 is 1. The number of esters is 2. The molecule has 354 valence electrons. The molecular weight excluding hydrogens is 825 g/mol. The third-order valence-electron chi connectivity index (χ3n) is 14.3. The molecular formula is C58H74O8. The first kappa shape index (κ1) is 52.9. The summed E-state index contributed by atoms with van der Waals surface area (Å²) in [5.74, 6) is 3.22. The molecule has 0 saturated heterocycles. The van der Waals surface area contributed by atoms with E-state index in [2.05, 4.69) is 54.2 Å². The van der Waals surface area contributed by atoms with E-state index in [1.807, 2.05) is 78.9 Å². The molecule has 8 nitrogen and oxygen atoms in total. The van der Waals surface area contributed by atoms with E-state index >= 15 is 0 Å². The number of aldehydes is 1. The number of carbonyl (C=O) groups is 3. The molecule has 0 aromatic heterocycles. The minimum absolute atomic E-state index is 0.0450. The van der Waals surface area contributed by atoms with E-state index < -0.39 is 0 Å². The fraction of sp³-hybridized carbons (Fsp3) is 0.431. The van der Waals surface area contributed by atoms with Crippen molar-refractivity contribution in [3.8, 4) is 11.5 Å². The van der Waals surface area contributed by atoms with Gasteiger partial charge < -0.3 is 24.4 Å². The quantitative estimate of drug-likeness (QED) is 0.0738. The molecule has 4 aliphatic carbocycles. The van der Waals surface area contributed by atoms with Crippen molar-refractivity contribution in [2.24, 2.45) is 34.5 Å². The molecule has 4 aromatic carbocycles. The highest BCUT2D eigenvalue weighted by Crippen LogP contribution is 2.74. The third kappa shape index (κ3) is 14.4. The Morgan fingerprint density at radius 3 is 2.05 bits per heavy atom. The van der Waals surface area contributed by atoms with Crippen molar-refractivity contribution in [1.82, 2.24) is 0 Å². The van der Waals surface area contributed by atoms with Crippen LogP contribution in [0.15, 0.2) is 139 Å². The Hall–Kier alpha value is -5.73. The van der Waals surface area contributed by atoms with Gasteiger partial charge in [0, 0.05) is 12.3 Å². The Labute approximate surface area is 394 Å². The Balaban J connectivity index is 0.000000185. The maximum Gasteiger partial charge on any atom is 0.338 e. The minimum atomic E-state index is -0.288. The van der Waals surface area contributed by atoms with Crippen LogP contribution in [0.25, 0.3) is 6.08 Å². The first-order chi connectivity index (χ1) is 31.5. The summed E-state index contributed by atoms with van der Waals surface area (Å²) in [5.41, 5.74) is 6.71. The standard InChI is InChI=1S/C17H28O2.C14H12O2.C10H16.C9H8O.C8H10O3/c1-11-6-9-17-10-13(11)15(3,4)14(17)7-8-16(17,5)19-12(2)18;15-14(13-9-5-2-6-10-13)16-11-12-7-3-1-4-8-12;1-8(2)10-6-4-9(3)5-7-10;10-8-4-7-9-5-2-1-3-6-9;1-11-8-4-6(5-9)2-3-7(8)10/h11,13-14H,6-10H2,1-5H3;1-10H,11H2;4,10H,1,5-7H2,2-3H3;1-8H;2-4,9-10H,5H2,1H3/b;;;7-4-;/t;;10-;;/m..0../s1. The van der Waals surface area contributed by atoms with Gasteiger partial charge in [-0.15, -0.1) is 0 Å². The molecule has 1 spiro atoms. The van der Waals surface area contributed by atoms with Crippen molar-refractivity contribution >= 4 is 24.3 Å². The van der Waals surface area contributed by atoms with Crippen LogP contribution in [-0.2, 0) is 32.3 Å². The maximum atomic E-state index is 11.6. The number of aliphatic hydroxyl groups is 1. The molecule has 0 heterocycles. The van der Waals surface area contributed by atoms with E-state index in [1.165, 1.54) is 69.8 Å². The van der Waals surface area contributed by atoms with Crippen LogP contribution in [0.1, 0.15) is 127 Å². The second-order valence-electron chi connectivity index (χ2n) is 19.1. The zero-order valence-electron chi connectivity index (χ0n) is 40.6. The Morgan fingerprint density at radius 2 is 1.48 bits per heavy atom. The number of aromatic hydroxyl groups is 1. The number of fused-ring (bicyclic) bond motifs is 1. The average Bonchev–Trinajstić information content (AvgIpc) is 3.71. The van der Waals surface area contributed by atoms with Gasteiger partial charge >= 0.3 is 11.9 Å². The molecule has 0 aliphatic heterocycles. The third-order valence-corrected chi connectivity index (χ3v) is 14.3. The Morgan fingerprint density at radius 1 is 0.848 bits per heavy atom. The number of phenolic OH excluding ortho intramolecular Hbond substituents is 1. The van der Waals surface area contributed by atoms with Gasteiger partial charge in [-0.25, -0.2) is 4.79 Å².